The Morgan fingerprint density at radius 2 is 2.12 bits per heavy atom. The third kappa shape index (κ3) is 2.80. The first-order valence-electron chi connectivity index (χ1n) is 8.12. The van der Waals surface area contributed by atoms with Crippen LogP contribution in [0.15, 0.2) is 48.0 Å². The average molecular weight is 340 g/mol. The third-order valence-corrected chi connectivity index (χ3v) is 5.37. The molecule has 1 amide bonds. The number of aromatic nitrogens is 1. The van der Waals surface area contributed by atoms with Gasteiger partial charge in [-0.05, 0) is 55.2 Å². The van der Waals surface area contributed by atoms with E-state index in [0.717, 1.165) is 35.0 Å². The van der Waals surface area contributed by atoms with Gasteiger partial charge in [-0.3, -0.25) is 4.79 Å². The van der Waals surface area contributed by atoms with Gasteiger partial charge in [0.25, 0.3) is 5.91 Å². The average Bonchev–Trinajstić information content (AvgIpc) is 3.09. The van der Waals surface area contributed by atoms with Gasteiger partial charge in [-0.1, -0.05) is 12.1 Å². The maximum absolute atomic E-state index is 13.6. The maximum atomic E-state index is 13.6. The summed E-state index contributed by atoms with van der Waals surface area (Å²) >= 11 is 1.53. The van der Waals surface area contributed by atoms with Gasteiger partial charge in [0.1, 0.15) is 5.82 Å². The van der Waals surface area contributed by atoms with Gasteiger partial charge in [-0.2, -0.15) is 0 Å². The van der Waals surface area contributed by atoms with Gasteiger partial charge in [0, 0.05) is 12.1 Å². The summed E-state index contributed by atoms with van der Waals surface area (Å²) in [5.74, 6) is -0.240. The lowest BCUT2D eigenvalue weighted by molar-refractivity contribution is 0.0611. The van der Waals surface area contributed by atoms with Crippen LogP contribution in [0.3, 0.4) is 0 Å². The molecule has 3 aromatic rings. The first kappa shape index (κ1) is 15.3. The van der Waals surface area contributed by atoms with Crippen LogP contribution >= 0.6 is 11.3 Å². The number of rotatable bonds is 2. The largest absolute Gasteiger partial charge is 0.332 e. The molecule has 0 saturated carbocycles. The predicted octanol–water partition coefficient (Wildman–Crippen LogP) is 4.80. The fourth-order valence-electron chi connectivity index (χ4n) is 3.39. The number of amides is 1. The number of fused-ring (bicyclic) bond motifs is 1. The van der Waals surface area contributed by atoms with E-state index in [0.29, 0.717) is 12.1 Å². The zero-order valence-corrected chi connectivity index (χ0v) is 13.9. The zero-order chi connectivity index (χ0) is 16.5. The molecule has 2 heterocycles. The van der Waals surface area contributed by atoms with Crippen molar-refractivity contribution >= 4 is 27.5 Å². The number of nitrogens with zero attached hydrogens (tertiary/aromatic N) is 2. The van der Waals surface area contributed by atoms with Crippen LogP contribution < -0.4 is 0 Å². The molecule has 3 nitrogen and oxygen atoms in total. The Kier molecular flexibility index (Phi) is 4.02. The molecule has 4 rings (SSSR count). The van der Waals surface area contributed by atoms with Crippen LogP contribution in [0.4, 0.5) is 4.39 Å². The molecule has 1 unspecified atom stereocenters. The number of carbonyl (C=O) groups excluding carboxylic acids is 1. The van der Waals surface area contributed by atoms with Crippen LogP contribution in [0, 0.1) is 5.82 Å². The molecule has 0 radical (unpaired) electrons. The fraction of sp³-hybridized carbons (Fsp3) is 0.263. The van der Waals surface area contributed by atoms with Gasteiger partial charge in [0.05, 0.1) is 21.8 Å². The first-order chi connectivity index (χ1) is 11.7. The number of hydrogen-bond acceptors (Lipinski definition) is 3. The van der Waals surface area contributed by atoms with Crippen LogP contribution in [0.25, 0.3) is 10.2 Å². The van der Waals surface area contributed by atoms with Gasteiger partial charge >= 0.3 is 0 Å². The number of hydrogen-bond donors (Lipinski definition) is 0. The van der Waals surface area contributed by atoms with Crippen molar-refractivity contribution in [1.82, 2.24) is 9.88 Å². The maximum Gasteiger partial charge on any atom is 0.254 e. The van der Waals surface area contributed by atoms with Crippen LogP contribution in [0.1, 0.15) is 41.2 Å². The second-order valence-corrected chi connectivity index (χ2v) is 6.99. The van der Waals surface area contributed by atoms with E-state index in [1.54, 1.807) is 17.6 Å². The molecule has 122 valence electrons. The number of halogens is 1. The SMILES string of the molecule is O=C(c1ccc2ncsc2c1)N1CCCCC1c1cccc(F)c1. The summed E-state index contributed by atoms with van der Waals surface area (Å²) in [6, 6.07) is 12.2. The van der Waals surface area contributed by atoms with Crippen molar-refractivity contribution in [1.29, 1.82) is 0 Å². The van der Waals surface area contributed by atoms with E-state index in [4.69, 9.17) is 0 Å². The Labute approximate surface area is 143 Å². The van der Waals surface area contributed by atoms with E-state index in [2.05, 4.69) is 4.98 Å². The molecule has 1 aromatic heterocycles. The van der Waals surface area contributed by atoms with Crippen molar-refractivity contribution in [3.63, 3.8) is 0 Å². The lowest BCUT2D eigenvalue weighted by Gasteiger charge is -2.36. The summed E-state index contributed by atoms with van der Waals surface area (Å²) in [6.45, 7) is 0.709. The summed E-state index contributed by atoms with van der Waals surface area (Å²) in [7, 11) is 0. The van der Waals surface area contributed by atoms with Crippen molar-refractivity contribution in [3.05, 3.63) is 64.9 Å². The van der Waals surface area contributed by atoms with Crippen LogP contribution in [0.5, 0.6) is 0 Å². The molecule has 1 fully saturated rings. The Balaban J connectivity index is 1.67. The molecule has 1 atom stereocenters. The summed E-state index contributed by atoms with van der Waals surface area (Å²) in [6.07, 6.45) is 2.91. The normalized spacial score (nSPS) is 18.0. The Hall–Kier alpha value is -2.27. The molecular weight excluding hydrogens is 323 g/mol. The van der Waals surface area contributed by atoms with E-state index in [-0.39, 0.29) is 17.8 Å². The topological polar surface area (TPSA) is 33.2 Å². The molecule has 0 N–H and O–H groups in total. The van der Waals surface area contributed by atoms with E-state index in [9.17, 15) is 9.18 Å². The fourth-order valence-corrected chi connectivity index (χ4v) is 4.11. The van der Waals surface area contributed by atoms with Crippen molar-refractivity contribution in [2.24, 2.45) is 0 Å². The lowest BCUT2D eigenvalue weighted by Crippen LogP contribution is -2.38. The quantitative estimate of drug-likeness (QED) is 0.671. The smallest absolute Gasteiger partial charge is 0.254 e. The Bertz CT molecular complexity index is 892. The van der Waals surface area contributed by atoms with Crippen molar-refractivity contribution in [2.45, 2.75) is 25.3 Å². The van der Waals surface area contributed by atoms with Crippen LogP contribution in [0.2, 0.25) is 0 Å². The van der Waals surface area contributed by atoms with E-state index >= 15 is 0 Å². The zero-order valence-electron chi connectivity index (χ0n) is 13.1. The summed E-state index contributed by atoms with van der Waals surface area (Å²) in [4.78, 5) is 19.2. The summed E-state index contributed by atoms with van der Waals surface area (Å²) in [5.41, 5.74) is 4.25. The molecule has 0 bridgehead atoms. The summed E-state index contributed by atoms with van der Waals surface area (Å²) < 4.78 is 14.6. The predicted molar refractivity (Wildman–Crippen MR) is 93.6 cm³/mol. The van der Waals surface area contributed by atoms with Crippen LogP contribution in [-0.2, 0) is 0 Å². The van der Waals surface area contributed by atoms with Gasteiger partial charge < -0.3 is 4.90 Å². The van der Waals surface area contributed by atoms with Crippen LogP contribution in [-0.4, -0.2) is 22.3 Å². The van der Waals surface area contributed by atoms with Gasteiger partial charge in [0.15, 0.2) is 0 Å². The second kappa shape index (κ2) is 6.32. The highest BCUT2D eigenvalue weighted by Gasteiger charge is 2.29. The molecule has 24 heavy (non-hydrogen) atoms. The van der Waals surface area contributed by atoms with Gasteiger partial charge in [-0.25, -0.2) is 9.37 Å². The molecule has 2 aromatic carbocycles. The standard InChI is InChI=1S/C19H17FN2OS/c20-15-5-3-4-13(10-15)17-6-1-2-9-22(17)19(23)14-7-8-16-18(11-14)24-12-21-16/h3-5,7-8,10-12,17H,1-2,6,9H2. The molecule has 1 aliphatic rings. The Morgan fingerprint density at radius 1 is 1.21 bits per heavy atom. The number of benzene rings is 2. The highest BCUT2D eigenvalue weighted by molar-refractivity contribution is 7.16. The number of thiazole rings is 1. The first-order valence-corrected chi connectivity index (χ1v) is 9.00. The number of piperidine rings is 1. The molecular formula is C19H17FN2OS. The molecule has 0 aliphatic carbocycles. The lowest BCUT2D eigenvalue weighted by atomic mass is 9.94. The molecule has 1 saturated heterocycles. The van der Waals surface area contributed by atoms with E-state index in [1.807, 2.05) is 29.2 Å². The number of likely N-dealkylation sites (tertiary alicyclic amines) is 1. The van der Waals surface area contributed by atoms with Gasteiger partial charge in [0.2, 0.25) is 0 Å². The summed E-state index contributed by atoms with van der Waals surface area (Å²) in [5, 5.41) is 0. The minimum absolute atomic E-state index is 0.0132. The minimum Gasteiger partial charge on any atom is -0.332 e. The van der Waals surface area contributed by atoms with E-state index < -0.39 is 0 Å². The van der Waals surface area contributed by atoms with Crippen molar-refractivity contribution in [3.8, 4) is 0 Å². The second-order valence-electron chi connectivity index (χ2n) is 6.10. The van der Waals surface area contributed by atoms with E-state index in [1.165, 1.54) is 17.4 Å². The Morgan fingerprint density at radius 3 is 3.00 bits per heavy atom. The monoisotopic (exact) mass is 340 g/mol. The minimum atomic E-state index is -0.253. The third-order valence-electron chi connectivity index (χ3n) is 4.58. The molecule has 1 aliphatic heterocycles. The molecule has 0 spiro atoms. The van der Waals surface area contributed by atoms with Gasteiger partial charge in [-0.15, -0.1) is 11.3 Å². The van der Waals surface area contributed by atoms with Crippen molar-refractivity contribution in [2.75, 3.05) is 6.54 Å². The highest BCUT2D eigenvalue weighted by Crippen LogP contribution is 2.33. The molecule has 5 heteroatoms. The van der Waals surface area contributed by atoms with Crippen molar-refractivity contribution < 1.29 is 9.18 Å². The number of carbonyl (C=O) groups is 1. The highest BCUT2D eigenvalue weighted by atomic mass is 32.1.